The van der Waals surface area contributed by atoms with Crippen LogP contribution in [0.3, 0.4) is 0 Å². The molecule has 0 aromatic carbocycles. The zero-order valence-electron chi connectivity index (χ0n) is 22.7. The lowest BCUT2D eigenvalue weighted by atomic mass is 9.89. The molecule has 0 amide bonds. The Hall–Kier alpha value is -2.52. The lowest BCUT2D eigenvalue weighted by molar-refractivity contribution is -0.100. The third-order valence-corrected chi connectivity index (χ3v) is 8.36. The van der Waals surface area contributed by atoms with Gasteiger partial charge in [-0.15, -0.1) is 0 Å². The average Bonchev–Trinajstić information content (AvgIpc) is 3.83. The maximum Gasteiger partial charge on any atom is 0.416 e. The van der Waals surface area contributed by atoms with Gasteiger partial charge >= 0.3 is 12.4 Å². The SMILES string of the molecule is Cc1nn(C)c2nc(N(CC3CC3)CC3CC3)c(CN(CC3C=C(C(F)(F)F)C=C(C(F)(F)F)C3)C(=N)NI)cc12. The third-order valence-electron chi connectivity index (χ3n) is 7.85. The molecular weight excluding hydrogens is 663 g/mol. The van der Waals surface area contributed by atoms with Crippen molar-refractivity contribution in [2.75, 3.05) is 24.5 Å². The fraction of sp³-hybridized carbons (Fsp3) is 0.593. The van der Waals surface area contributed by atoms with Crippen molar-refractivity contribution in [2.24, 2.45) is 24.8 Å². The minimum Gasteiger partial charge on any atom is -0.356 e. The number of anilines is 1. The number of rotatable bonds is 9. The van der Waals surface area contributed by atoms with Crippen LogP contribution in [0.5, 0.6) is 0 Å². The van der Waals surface area contributed by atoms with Crippen LogP contribution >= 0.6 is 22.9 Å². The summed E-state index contributed by atoms with van der Waals surface area (Å²) in [6.07, 6.45) is -4.79. The van der Waals surface area contributed by atoms with Crippen LogP contribution < -0.4 is 8.43 Å². The molecule has 2 saturated carbocycles. The lowest BCUT2D eigenvalue weighted by Crippen LogP contribution is -2.40. The van der Waals surface area contributed by atoms with Crippen molar-refractivity contribution >= 4 is 45.7 Å². The zero-order valence-corrected chi connectivity index (χ0v) is 24.9. The van der Waals surface area contributed by atoms with Crippen molar-refractivity contribution in [3.05, 3.63) is 40.6 Å². The maximum absolute atomic E-state index is 13.6. The molecule has 0 spiro atoms. The minimum absolute atomic E-state index is 0.0873. The van der Waals surface area contributed by atoms with E-state index in [1.807, 2.05) is 20.0 Å². The Morgan fingerprint density at radius 2 is 1.71 bits per heavy atom. The summed E-state index contributed by atoms with van der Waals surface area (Å²) in [7, 11) is 1.82. The Bertz CT molecular complexity index is 1360. The summed E-state index contributed by atoms with van der Waals surface area (Å²) in [5.41, 5.74) is -0.312. The smallest absolute Gasteiger partial charge is 0.356 e. The molecule has 41 heavy (non-hydrogen) atoms. The Labute approximate surface area is 248 Å². The number of halogens is 7. The predicted octanol–water partition coefficient (Wildman–Crippen LogP) is 6.58. The third kappa shape index (κ3) is 7.11. The molecule has 224 valence electrons. The highest BCUT2D eigenvalue weighted by Crippen LogP contribution is 2.41. The lowest BCUT2D eigenvalue weighted by Gasteiger charge is -2.32. The summed E-state index contributed by atoms with van der Waals surface area (Å²) in [5.74, 6) is 0.655. The van der Waals surface area contributed by atoms with Crippen molar-refractivity contribution in [2.45, 2.75) is 57.9 Å². The summed E-state index contributed by atoms with van der Waals surface area (Å²) < 4.78 is 85.8. The van der Waals surface area contributed by atoms with Gasteiger partial charge in [0.25, 0.3) is 0 Å². The maximum atomic E-state index is 13.6. The van der Waals surface area contributed by atoms with E-state index in [0.717, 1.165) is 67.3 Å². The van der Waals surface area contributed by atoms with E-state index in [1.165, 1.54) is 4.90 Å². The first-order chi connectivity index (χ1) is 19.2. The summed E-state index contributed by atoms with van der Waals surface area (Å²) in [6.45, 7) is 3.41. The Kier molecular flexibility index (Phi) is 8.25. The van der Waals surface area contributed by atoms with Crippen LogP contribution in [-0.4, -0.2) is 57.6 Å². The predicted molar refractivity (Wildman–Crippen MR) is 153 cm³/mol. The molecule has 0 radical (unpaired) electrons. The topological polar surface area (TPSA) is 73.1 Å². The highest BCUT2D eigenvalue weighted by atomic mass is 127. The Morgan fingerprint density at radius 3 is 2.24 bits per heavy atom. The molecule has 0 aliphatic heterocycles. The number of hydrogen-bond donors (Lipinski definition) is 2. The van der Waals surface area contributed by atoms with E-state index in [0.29, 0.717) is 17.5 Å². The second-order valence-electron chi connectivity index (χ2n) is 11.4. The number of aryl methyl sites for hydroxylation is 2. The van der Waals surface area contributed by atoms with Gasteiger partial charge in [-0.1, -0.05) is 6.08 Å². The summed E-state index contributed by atoms with van der Waals surface area (Å²) in [4.78, 5) is 8.79. The van der Waals surface area contributed by atoms with Gasteiger partial charge in [0.2, 0.25) is 0 Å². The van der Waals surface area contributed by atoms with Crippen molar-refractivity contribution in [1.82, 2.24) is 23.2 Å². The van der Waals surface area contributed by atoms with Gasteiger partial charge in [-0.3, -0.25) is 13.6 Å². The van der Waals surface area contributed by atoms with Gasteiger partial charge in [0.05, 0.1) is 34.1 Å². The van der Waals surface area contributed by atoms with Gasteiger partial charge in [0.15, 0.2) is 11.6 Å². The fourth-order valence-corrected chi connectivity index (χ4v) is 5.74. The molecule has 3 aliphatic rings. The van der Waals surface area contributed by atoms with Crippen molar-refractivity contribution in [3.63, 3.8) is 0 Å². The van der Waals surface area contributed by atoms with Crippen LogP contribution in [0.15, 0.2) is 29.4 Å². The minimum atomic E-state index is -4.92. The van der Waals surface area contributed by atoms with Gasteiger partial charge in [0, 0.05) is 49.7 Å². The summed E-state index contributed by atoms with van der Waals surface area (Å²) in [5, 5.41) is 13.8. The van der Waals surface area contributed by atoms with Gasteiger partial charge in [-0.2, -0.15) is 31.4 Å². The van der Waals surface area contributed by atoms with E-state index in [4.69, 9.17) is 10.4 Å². The first-order valence-electron chi connectivity index (χ1n) is 13.6. The molecule has 2 fully saturated rings. The van der Waals surface area contributed by atoms with E-state index in [2.05, 4.69) is 13.5 Å². The van der Waals surface area contributed by atoms with Crippen LogP contribution in [-0.2, 0) is 13.6 Å². The molecule has 14 heteroatoms. The second kappa shape index (κ2) is 11.3. The number of guanidine groups is 1. The van der Waals surface area contributed by atoms with E-state index in [9.17, 15) is 26.3 Å². The fourth-order valence-electron chi connectivity index (χ4n) is 5.40. The zero-order chi connectivity index (χ0) is 29.7. The Balaban J connectivity index is 1.51. The van der Waals surface area contributed by atoms with Gasteiger partial charge < -0.3 is 9.80 Å². The van der Waals surface area contributed by atoms with Crippen molar-refractivity contribution in [1.29, 1.82) is 5.41 Å². The highest BCUT2D eigenvalue weighted by molar-refractivity contribution is 14.1. The number of nitrogens with zero attached hydrogens (tertiary/aromatic N) is 5. The Morgan fingerprint density at radius 1 is 1.07 bits per heavy atom. The number of fused-ring (bicyclic) bond motifs is 1. The van der Waals surface area contributed by atoms with Crippen molar-refractivity contribution in [3.8, 4) is 0 Å². The standard InChI is InChI=1S/C27H32F6IN7/c1-15-22-9-19(23(36-24(22)39(2)38-15)40(11-16-3-4-16)12-17-5-6-17)14-41(25(35)37-34)13-18-7-20(26(28,29)30)10-21(8-18)27(31,32)33/h7,9-10,16-18H,3-6,8,11-14H2,1-2H3,(H2,35,37). The van der Waals surface area contributed by atoms with Gasteiger partial charge in [0.1, 0.15) is 5.82 Å². The first kappa shape index (κ1) is 30.0. The molecule has 5 rings (SSSR count). The number of allylic oxidation sites excluding steroid dienone is 3. The van der Waals surface area contributed by atoms with Gasteiger partial charge in [-0.05, 0) is 68.9 Å². The molecule has 2 N–H and O–H groups in total. The quantitative estimate of drug-likeness (QED) is 0.102. The molecular formula is C27H32F6IN7. The molecule has 1 unspecified atom stereocenters. The number of hydrogen-bond acceptors (Lipinski definition) is 4. The number of pyridine rings is 1. The average molecular weight is 695 g/mol. The molecule has 7 nitrogen and oxygen atoms in total. The number of aromatic nitrogens is 3. The van der Waals surface area contributed by atoms with Crippen LogP contribution in [0, 0.1) is 30.1 Å². The molecule has 3 aliphatic carbocycles. The van der Waals surface area contributed by atoms with Gasteiger partial charge in [-0.25, -0.2) is 4.98 Å². The van der Waals surface area contributed by atoms with E-state index in [1.54, 1.807) is 27.5 Å². The van der Waals surface area contributed by atoms with Crippen LogP contribution in [0.1, 0.15) is 43.4 Å². The van der Waals surface area contributed by atoms with E-state index in [-0.39, 0.29) is 25.1 Å². The molecule has 0 saturated heterocycles. The molecule has 1 atom stereocenters. The van der Waals surface area contributed by atoms with Crippen molar-refractivity contribution < 1.29 is 26.3 Å². The highest BCUT2D eigenvalue weighted by Gasteiger charge is 2.42. The van der Waals surface area contributed by atoms with Crippen LogP contribution in [0.25, 0.3) is 11.0 Å². The number of nitrogens with one attached hydrogen (secondary N) is 2. The van der Waals surface area contributed by atoms with E-state index >= 15 is 0 Å². The normalized spacial score (nSPS) is 19.7. The molecule has 2 heterocycles. The van der Waals surface area contributed by atoms with Crippen LogP contribution in [0.4, 0.5) is 32.2 Å². The monoisotopic (exact) mass is 695 g/mol. The molecule has 2 aromatic rings. The summed E-state index contributed by atoms with van der Waals surface area (Å²) >= 11 is 1.75. The number of alkyl halides is 6. The second-order valence-corrected chi connectivity index (χ2v) is 12.0. The molecule has 2 aromatic heterocycles. The first-order valence-corrected chi connectivity index (χ1v) is 14.7. The molecule has 0 bridgehead atoms. The van der Waals surface area contributed by atoms with Crippen LogP contribution in [0.2, 0.25) is 0 Å². The largest absolute Gasteiger partial charge is 0.416 e. The van der Waals surface area contributed by atoms with E-state index < -0.39 is 35.8 Å². The summed E-state index contributed by atoms with van der Waals surface area (Å²) in [6, 6.07) is 1.96.